The number of benzene rings is 1. The molecular formula is C15H24N2O2S. The fourth-order valence-electron chi connectivity index (χ4n) is 1.85. The molecule has 0 spiro atoms. The van der Waals surface area contributed by atoms with Crippen LogP contribution in [0.3, 0.4) is 0 Å². The molecule has 0 atom stereocenters. The highest BCUT2D eigenvalue weighted by Gasteiger charge is 2.23. The van der Waals surface area contributed by atoms with Crippen LogP contribution in [0.4, 0.5) is 0 Å². The first-order chi connectivity index (χ1) is 9.25. The molecule has 0 fully saturated rings. The van der Waals surface area contributed by atoms with Crippen molar-refractivity contribution in [3.8, 4) is 0 Å². The Morgan fingerprint density at radius 2 is 1.95 bits per heavy atom. The largest absolute Gasteiger partial charge is 0.310 e. The van der Waals surface area contributed by atoms with Gasteiger partial charge in [0.1, 0.15) is 0 Å². The van der Waals surface area contributed by atoms with Crippen LogP contribution < -0.4 is 5.32 Å². The molecule has 1 aromatic rings. The Morgan fingerprint density at radius 1 is 1.35 bits per heavy atom. The number of likely N-dealkylation sites (N-methyl/N-ethyl adjacent to an activating group) is 1. The average molecular weight is 296 g/mol. The minimum Gasteiger partial charge on any atom is -0.310 e. The van der Waals surface area contributed by atoms with Gasteiger partial charge in [0.2, 0.25) is 10.0 Å². The van der Waals surface area contributed by atoms with Crippen LogP contribution in [0.2, 0.25) is 0 Å². The van der Waals surface area contributed by atoms with Crippen LogP contribution in [-0.2, 0) is 16.6 Å². The zero-order chi connectivity index (χ0) is 15.3. The molecule has 0 saturated heterocycles. The zero-order valence-electron chi connectivity index (χ0n) is 12.7. The quantitative estimate of drug-likeness (QED) is 0.786. The van der Waals surface area contributed by atoms with Crippen molar-refractivity contribution in [1.82, 2.24) is 9.62 Å². The van der Waals surface area contributed by atoms with Crippen molar-refractivity contribution in [3.63, 3.8) is 0 Å². The molecule has 5 heteroatoms. The molecule has 4 nitrogen and oxygen atoms in total. The SMILES string of the molecule is C=C(C)CN(C)S(=O)(=O)c1ccccc1CNC(C)C. The second-order valence-corrected chi connectivity index (χ2v) is 7.37. The fraction of sp³-hybridized carbons (Fsp3) is 0.467. The van der Waals surface area contributed by atoms with Crippen LogP contribution in [0.5, 0.6) is 0 Å². The summed E-state index contributed by atoms with van der Waals surface area (Å²) in [5.41, 5.74) is 1.60. The molecule has 112 valence electrons. The van der Waals surface area contributed by atoms with Crippen molar-refractivity contribution in [2.24, 2.45) is 0 Å². The Hall–Kier alpha value is -1.17. The van der Waals surface area contributed by atoms with Crippen LogP contribution in [0.25, 0.3) is 0 Å². The van der Waals surface area contributed by atoms with E-state index in [1.807, 2.05) is 32.9 Å². The predicted molar refractivity (Wildman–Crippen MR) is 83.0 cm³/mol. The van der Waals surface area contributed by atoms with Gasteiger partial charge in [-0.1, -0.05) is 44.2 Å². The molecule has 1 aromatic carbocycles. The van der Waals surface area contributed by atoms with E-state index in [-0.39, 0.29) is 0 Å². The van der Waals surface area contributed by atoms with E-state index >= 15 is 0 Å². The Morgan fingerprint density at radius 3 is 2.50 bits per heavy atom. The topological polar surface area (TPSA) is 49.4 Å². The van der Waals surface area contributed by atoms with E-state index in [0.717, 1.165) is 11.1 Å². The van der Waals surface area contributed by atoms with E-state index in [0.29, 0.717) is 24.0 Å². The number of nitrogens with one attached hydrogen (secondary N) is 1. The van der Waals surface area contributed by atoms with Gasteiger partial charge in [-0.3, -0.25) is 0 Å². The van der Waals surface area contributed by atoms with Gasteiger partial charge in [-0.2, -0.15) is 4.31 Å². The summed E-state index contributed by atoms with van der Waals surface area (Å²) in [6.45, 7) is 10.5. The molecular weight excluding hydrogens is 272 g/mol. The average Bonchev–Trinajstić information content (AvgIpc) is 2.35. The summed E-state index contributed by atoms with van der Waals surface area (Å²) in [6, 6.07) is 7.41. The first kappa shape index (κ1) is 16.9. The minimum atomic E-state index is -3.48. The minimum absolute atomic E-state index is 0.305. The molecule has 0 unspecified atom stereocenters. The third-order valence-corrected chi connectivity index (χ3v) is 4.76. The van der Waals surface area contributed by atoms with Crippen LogP contribution in [0.15, 0.2) is 41.3 Å². The van der Waals surface area contributed by atoms with Gasteiger partial charge in [0, 0.05) is 26.2 Å². The van der Waals surface area contributed by atoms with Gasteiger partial charge in [0.05, 0.1) is 4.90 Å². The molecule has 1 N–H and O–H groups in total. The summed E-state index contributed by atoms with van der Waals surface area (Å²) >= 11 is 0. The lowest BCUT2D eigenvalue weighted by Gasteiger charge is -2.20. The Bertz CT molecular complexity index is 565. The van der Waals surface area contributed by atoms with E-state index in [4.69, 9.17) is 0 Å². The van der Waals surface area contributed by atoms with E-state index < -0.39 is 10.0 Å². The monoisotopic (exact) mass is 296 g/mol. The molecule has 0 aliphatic carbocycles. The molecule has 0 amide bonds. The van der Waals surface area contributed by atoms with Crippen molar-refractivity contribution >= 4 is 10.0 Å². The lowest BCUT2D eigenvalue weighted by atomic mass is 10.2. The molecule has 0 bridgehead atoms. The van der Waals surface area contributed by atoms with E-state index in [1.54, 1.807) is 19.2 Å². The van der Waals surface area contributed by atoms with Crippen LogP contribution >= 0.6 is 0 Å². The third-order valence-electron chi connectivity index (χ3n) is 2.85. The number of rotatable bonds is 7. The third kappa shape index (κ3) is 4.44. The number of hydrogen-bond acceptors (Lipinski definition) is 3. The zero-order valence-corrected chi connectivity index (χ0v) is 13.5. The highest BCUT2D eigenvalue weighted by Crippen LogP contribution is 2.20. The Kier molecular flexibility index (Phi) is 5.92. The molecule has 0 aliphatic rings. The van der Waals surface area contributed by atoms with Crippen LogP contribution in [-0.4, -0.2) is 32.4 Å². The maximum atomic E-state index is 12.6. The summed E-state index contributed by atoms with van der Waals surface area (Å²) in [4.78, 5) is 0.358. The summed E-state index contributed by atoms with van der Waals surface area (Å²) in [5, 5.41) is 3.25. The predicted octanol–water partition coefficient (Wildman–Crippen LogP) is 2.38. The standard InChI is InChI=1S/C15H24N2O2S/c1-12(2)11-17(5)20(18,19)15-9-7-6-8-14(15)10-16-13(3)4/h6-9,13,16H,1,10-11H2,2-5H3. The molecule has 0 heterocycles. The second-order valence-electron chi connectivity index (χ2n) is 5.36. The van der Waals surface area contributed by atoms with Crippen molar-refractivity contribution < 1.29 is 8.42 Å². The first-order valence-corrected chi connectivity index (χ1v) is 8.11. The summed E-state index contributed by atoms with van der Waals surface area (Å²) in [6.07, 6.45) is 0. The summed E-state index contributed by atoms with van der Waals surface area (Å²) < 4.78 is 26.5. The fourth-order valence-corrected chi connectivity index (χ4v) is 3.30. The Labute approximate surface area is 122 Å². The maximum absolute atomic E-state index is 12.6. The van der Waals surface area contributed by atoms with Gasteiger partial charge in [0.15, 0.2) is 0 Å². The smallest absolute Gasteiger partial charge is 0.243 e. The maximum Gasteiger partial charge on any atom is 0.243 e. The molecule has 20 heavy (non-hydrogen) atoms. The molecule has 0 aliphatic heterocycles. The second kappa shape index (κ2) is 7.02. The van der Waals surface area contributed by atoms with E-state index in [2.05, 4.69) is 11.9 Å². The van der Waals surface area contributed by atoms with Crippen LogP contribution in [0, 0.1) is 0 Å². The first-order valence-electron chi connectivity index (χ1n) is 6.67. The van der Waals surface area contributed by atoms with Crippen molar-refractivity contribution in [2.75, 3.05) is 13.6 Å². The highest BCUT2D eigenvalue weighted by molar-refractivity contribution is 7.89. The lowest BCUT2D eigenvalue weighted by molar-refractivity contribution is 0.490. The van der Waals surface area contributed by atoms with E-state index in [1.165, 1.54) is 4.31 Å². The lowest BCUT2D eigenvalue weighted by Crippen LogP contribution is -2.30. The van der Waals surface area contributed by atoms with Crippen molar-refractivity contribution in [2.45, 2.75) is 38.3 Å². The van der Waals surface area contributed by atoms with Crippen LogP contribution in [0.1, 0.15) is 26.3 Å². The number of sulfonamides is 1. The molecule has 0 radical (unpaired) electrons. The van der Waals surface area contributed by atoms with Gasteiger partial charge >= 0.3 is 0 Å². The summed E-state index contributed by atoms with van der Waals surface area (Å²) in [5.74, 6) is 0. The normalized spacial score (nSPS) is 12.1. The number of nitrogens with zero attached hydrogens (tertiary/aromatic N) is 1. The van der Waals surface area contributed by atoms with E-state index in [9.17, 15) is 8.42 Å². The van der Waals surface area contributed by atoms with Gasteiger partial charge in [-0.25, -0.2) is 8.42 Å². The molecule has 0 aromatic heterocycles. The number of hydrogen-bond donors (Lipinski definition) is 1. The van der Waals surface area contributed by atoms with Gasteiger partial charge < -0.3 is 5.32 Å². The van der Waals surface area contributed by atoms with Crippen molar-refractivity contribution in [1.29, 1.82) is 0 Å². The molecule has 1 rings (SSSR count). The van der Waals surface area contributed by atoms with Gasteiger partial charge in [-0.15, -0.1) is 0 Å². The Balaban J connectivity index is 3.08. The van der Waals surface area contributed by atoms with Gasteiger partial charge in [-0.05, 0) is 18.6 Å². The summed E-state index contributed by atoms with van der Waals surface area (Å²) in [7, 11) is -1.90. The highest BCUT2D eigenvalue weighted by atomic mass is 32.2. The van der Waals surface area contributed by atoms with Gasteiger partial charge in [0.25, 0.3) is 0 Å². The van der Waals surface area contributed by atoms with Crippen molar-refractivity contribution in [3.05, 3.63) is 42.0 Å². The molecule has 0 saturated carbocycles.